The van der Waals surface area contributed by atoms with Gasteiger partial charge in [-0.05, 0) is 73.9 Å². The second-order valence-electron chi connectivity index (χ2n) is 9.40. The highest BCUT2D eigenvalue weighted by atomic mass is 16.5. The molecule has 2 aliphatic heterocycles. The number of aryl methyl sites for hydroxylation is 1. The van der Waals surface area contributed by atoms with Gasteiger partial charge in [0.15, 0.2) is 0 Å². The monoisotopic (exact) mass is 472 g/mol. The van der Waals surface area contributed by atoms with E-state index in [2.05, 4.69) is 19.9 Å². The Morgan fingerprint density at radius 2 is 1.83 bits per heavy atom. The van der Waals surface area contributed by atoms with Crippen LogP contribution in [0.5, 0.6) is 0 Å². The minimum Gasteiger partial charge on any atom is -0.493 e. The summed E-state index contributed by atoms with van der Waals surface area (Å²) in [6.45, 7) is 6.23. The quantitative estimate of drug-likeness (QED) is 0.399. The van der Waals surface area contributed by atoms with E-state index in [0.717, 1.165) is 71.3 Å². The maximum Gasteiger partial charge on any atom is 0.253 e. The first-order valence-electron chi connectivity index (χ1n) is 12.6. The Morgan fingerprint density at radius 1 is 1.14 bits per heavy atom. The number of ether oxygens (including phenoxy) is 1. The smallest absolute Gasteiger partial charge is 0.253 e. The number of carbonyl (C=O) groups is 1. The van der Waals surface area contributed by atoms with E-state index in [4.69, 9.17) is 21.6 Å². The molecule has 0 radical (unpaired) electrons. The zero-order valence-corrected chi connectivity index (χ0v) is 20.8. The lowest BCUT2D eigenvalue weighted by Crippen LogP contribution is -2.42. The van der Waals surface area contributed by atoms with Crippen LogP contribution in [0.1, 0.15) is 71.6 Å². The normalized spacial score (nSPS) is 17.3. The van der Waals surface area contributed by atoms with Crippen LogP contribution in [0.2, 0.25) is 0 Å². The number of anilines is 1. The zero-order valence-electron chi connectivity index (χ0n) is 20.8. The van der Waals surface area contributed by atoms with E-state index in [-0.39, 0.29) is 11.9 Å². The molecule has 0 bridgehead atoms. The number of carbonyl (C=O) groups excluding carboxylic acids is 1. The summed E-state index contributed by atoms with van der Waals surface area (Å²) >= 11 is 0. The number of nitrogen functional groups attached to an aromatic ring is 1. The van der Waals surface area contributed by atoms with Gasteiger partial charge in [-0.3, -0.25) is 4.79 Å². The molecule has 6 heteroatoms. The van der Waals surface area contributed by atoms with Gasteiger partial charge in [-0.2, -0.15) is 0 Å². The lowest BCUT2D eigenvalue weighted by atomic mass is 9.86. The van der Waals surface area contributed by atoms with Gasteiger partial charge in [-0.25, -0.2) is 0 Å². The first-order chi connectivity index (χ1) is 16.9. The number of rotatable bonds is 6. The van der Waals surface area contributed by atoms with Gasteiger partial charge in [-0.15, -0.1) is 0 Å². The summed E-state index contributed by atoms with van der Waals surface area (Å²) in [7, 11) is 0. The van der Waals surface area contributed by atoms with E-state index < -0.39 is 0 Å². The van der Waals surface area contributed by atoms with Crippen molar-refractivity contribution in [3.8, 4) is 0 Å². The maximum atomic E-state index is 13.0. The van der Waals surface area contributed by atoms with Gasteiger partial charge in [0.05, 0.1) is 6.61 Å². The average molecular weight is 473 g/mol. The van der Waals surface area contributed by atoms with Crippen LogP contribution in [0.25, 0.3) is 11.1 Å². The highest BCUT2D eigenvalue weighted by Crippen LogP contribution is 2.40. The number of nitrogens with two attached hydrogens (primary N) is 2. The van der Waals surface area contributed by atoms with Crippen molar-refractivity contribution in [2.75, 3.05) is 25.4 Å². The molecule has 6 nitrogen and oxygen atoms in total. The van der Waals surface area contributed by atoms with Crippen LogP contribution in [0.3, 0.4) is 0 Å². The van der Waals surface area contributed by atoms with E-state index in [1.165, 1.54) is 6.21 Å². The van der Waals surface area contributed by atoms with Crippen LogP contribution in [-0.2, 0) is 4.74 Å². The molecule has 35 heavy (non-hydrogen) atoms. The van der Waals surface area contributed by atoms with E-state index in [0.29, 0.717) is 30.9 Å². The fourth-order valence-corrected chi connectivity index (χ4v) is 5.03. The lowest BCUT2D eigenvalue weighted by molar-refractivity contribution is 0.0714. The van der Waals surface area contributed by atoms with Gasteiger partial charge in [0.2, 0.25) is 0 Å². The zero-order chi connectivity index (χ0) is 24.9. The second-order valence-corrected chi connectivity index (χ2v) is 9.40. The molecule has 0 aromatic heterocycles. The van der Waals surface area contributed by atoms with Crippen molar-refractivity contribution in [3.05, 3.63) is 76.1 Å². The van der Waals surface area contributed by atoms with E-state index in [1.54, 1.807) is 0 Å². The van der Waals surface area contributed by atoms with Gasteiger partial charge < -0.3 is 26.5 Å². The molecule has 4 rings (SSSR count). The molecular formula is C29H36N4O2. The Bertz CT molecular complexity index is 1160. The number of nitrogens with one attached hydrogen (secondary N) is 1. The third kappa shape index (κ3) is 5.17. The fraction of sp³-hybridized carbons (Fsp3) is 0.379. The first kappa shape index (κ1) is 24.7. The molecule has 2 aromatic carbocycles. The van der Waals surface area contributed by atoms with Crippen molar-refractivity contribution in [2.45, 2.75) is 52.0 Å². The van der Waals surface area contributed by atoms with E-state index >= 15 is 0 Å². The number of piperidine rings is 1. The van der Waals surface area contributed by atoms with Crippen molar-refractivity contribution < 1.29 is 9.53 Å². The van der Waals surface area contributed by atoms with Crippen LogP contribution in [0, 0.1) is 12.3 Å². The van der Waals surface area contributed by atoms with Crippen LogP contribution in [-0.4, -0.2) is 42.8 Å². The summed E-state index contributed by atoms with van der Waals surface area (Å²) in [5, 5.41) is 7.99. The van der Waals surface area contributed by atoms with Gasteiger partial charge in [0.1, 0.15) is 5.76 Å². The van der Waals surface area contributed by atoms with Crippen molar-refractivity contribution >= 4 is 29.0 Å². The van der Waals surface area contributed by atoms with Gasteiger partial charge in [-0.1, -0.05) is 31.2 Å². The fourth-order valence-electron chi connectivity index (χ4n) is 5.03. The minimum absolute atomic E-state index is 0.0595. The largest absolute Gasteiger partial charge is 0.493 e. The highest BCUT2D eigenvalue weighted by molar-refractivity contribution is 5.98. The Labute approximate surface area is 208 Å². The first-order valence-corrected chi connectivity index (χ1v) is 12.6. The third-order valence-corrected chi connectivity index (χ3v) is 6.95. The third-order valence-electron chi connectivity index (χ3n) is 6.95. The highest BCUT2D eigenvalue weighted by Gasteiger charge is 2.25. The molecule has 2 heterocycles. The Hall–Kier alpha value is -3.38. The molecule has 1 saturated heterocycles. The summed E-state index contributed by atoms with van der Waals surface area (Å²) in [6, 6.07) is 11.9. The topological polar surface area (TPSA) is 105 Å². The molecule has 0 saturated carbocycles. The molecule has 1 amide bonds. The van der Waals surface area contributed by atoms with Gasteiger partial charge in [0.25, 0.3) is 5.91 Å². The van der Waals surface area contributed by atoms with Crippen molar-refractivity contribution in [2.24, 2.45) is 5.73 Å². The van der Waals surface area contributed by atoms with E-state index in [9.17, 15) is 4.79 Å². The number of benzene rings is 2. The Morgan fingerprint density at radius 3 is 2.49 bits per heavy atom. The van der Waals surface area contributed by atoms with Crippen molar-refractivity contribution in [1.82, 2.24) is 4.90 Å². The molecule has 5 N–H and O–H groups in total. The van der Waals surface area contributed by atoms with Crippen LogP contribution < -0.4 is 11.5 Å². The standard InChI is InChI=1S/C29H36N4O2/c1-3-5-23(20-8-10-21(11-9-20)29(34)33-15-13-22(31)14-16-33)28-24(6-4-17-35-28)27-19(2)7-12-26(32)25(27)18-30/h5,7-12,18,22,30H,3-4,6,13-17,31-32H2,1-2H3/b23-5+,30-18?. The maximum absolute atomic E-state index is 13.0. The molecule has 1 fully saturated rings. The summed E-state index contributed by atoms with van der Waals surface area (Å²) in [6.07, 6.45) is 7.83. The second kappa shape index (κ2) is 10.9. The van der Waals surface area contributed by atoms with Crippen LogP contribution >= 0.6 is 0 Å². The Kier molecular flexibility index (Phi) is 7.71. The van der Waals surface area contributed by atoms with E-state index in [1.807, 2.05) is 41.3 Å². The molecule has 0 unspecified atom stereocenters. The molecule has 0 atom stereocenters. The molecule has 2 aromatic rings. The number of likely N-dealkylation sites (tertiary alicyclic amines) is 1. The molecule has 0 aliphatic carbocycles. The summed E-state index contributed by atoms with van der Waals surface area (Å²) < 4.78 is 6.30. The number of allylic oxidation sites excluding steroid dienone is 3. The van der Waals surface area contributed by atoms with Crippen LogP contribution in [0.4, 0.5) is 5.69 Å². The van der Waals surface area contributed by atoms with Crippen LogP contribution in [0.15, 0.2) is 48.2 Å². The predicted octanol–water partition coefficient (Wildman–Crippen LogP) is 5.15. The minimum atomic E-state index is 0.0595. The Balaban J connectivity index is 1.72. The number of hydrogen-bond donors (Lipinski definition) is 3. The van der Waals surface area contributed by atoms with Crippen molar-refractivity contribution in [1.29, 1.82) is 5.41 Å². The predicted molar refractivity (Wildman–Crippen MR) is 143 cm³/mol. The SMILES string of the molecule is CC/C=C(/C1=C(c2c(C)ccc(N)c2C=N)CCCO1)c1ccc(C(=O)N2CCC(N)CC2)cc1. The average Bonchev–Trinajstić information content (AvgIpc) is 2.89. The van der Waals surface area contributed by atoms with Gasteiger partial charge in [0, 0.05) is 53.3 Å². The summed E-state index contributed by atoms with van der Waals surface area (Å²) in [5.74, 6) is 0.906. The molecule has 2 aliphatic rings. The summed E-state index contributed by atoms with van der Waals surface area (Å²) in [4.78, 5) is 14.9. The van der Waals surface area contributed by atoms with Crippen molar-refractivity contribution in [3.63, 3.8) is 0 Å². The summed E-state index contributed by atoms with van der Waals surface area (Å²) in [5.41, 5.74) is 19.4. The number of hydrogen-bond acceptors (Lipinski definition) is 5. The van der Waals surface area contributed by atoms with Gasteiger partial charge >= 0.3 is 0 Å². The lowest BCUT2D eigenvalue weighted by Gasteiger charge is -2.30. The number of amides is 1. The number of nitrogens with zero attached hydrogens (tertiary/aromatic N) is 1. The molecular weight excluding hydrogens is 436 g/mol. The molecule has 0 spiro atoms. The molecule has 184 valence electrons.